The van der Waals surface area contributed by atoms with Crippen molar-refractivity contribution in [1.29, 1.82) is 0 Å². The first-order chi connectivity index (χ1) is 10.6. The van der Waals surface area contributed by atoms with Gasteiger partial charge in [0.1, 0.15) is 11.9 Å². The van der Waals surface area contributed by atoms with Crippen LogP contribution in [0.4, 0.5) is 0 Å². The molecule has 1 heterocycles. The van der Waals surface area contributed by atoms with Crippen LogP contribution in [-0.4, -0.2) is 32.3 Å². The van der Waals surface area contributed by atoms with E-state index in [0.29, 0.717) is 0 Å². The maximum absolute atomic E-state index is 12.1. The minimum Gasteiger partial charge on any atom is -0.370 e. The minimum atomic E-state index is -3.28. The summed E-state index contributed by atoms with van der Waals surface area (Å²) in [5.41, 5.74) is 1.14. The maximum atomic E-state index is 12.1. The molecule has 0 aliphatic carbocycles. The fraction of sp³-hybridized carbons (Fsp3) is 0.562. The smallest absolute Gasteiger partial charge is 0.337 e. The molecule has 1 fully saturated rings. The summed E-state index contributed by atoms with van der Waals surface area (Å²) in [7, 11) is -0.700. The first kappa shape index (κ1) is 17.4. The van der Waals surface area contributed by atoms with Gasteiger partial charge in [-0.3, -0.25) is 9.36 Å². The van der Waals surface area contributed by atoms with Crippen molar-refractivity contribution in [3.8, 4) is 0 Å². The van der Waals surface area contributed by atoms with Gasteiger partial charge in [0.25, 0.3) is 0 Å². The zero-order valence-electron chi connectivity index (χ0n) is 13.1. The third kappa shape index (κ3) is 4.75. The Morgan fingerprint density at radius 1 is 1.23 bits per heavy atom. The fourth-order valence-electron chi connectivity index (χ4n) is 2.70. The van der Waals surface area contributed by atoms with Crippen molar-refractivity contribution in [3.05, 3.63) is 35.9 Å². The van der Waals surface area contributed by atoms with Gasteiger partial charge in [-0.05, 0) is 24.8 Å². The molecule has 122 valence electrons. The quantitative estimate of drug-likeness (QED) is 0.714. The van der Waals surface area contributed by atoms with E-state index in [2.05, 4.69) is 0 Å². The highest BCUT2D eigenvalue weighted by atomic mass is 31.2. The highest BCUT2D eigenvalue weighted by Gasteiger charge is 2.30. The van der Waals surface area contributed by atoms with Gasteiger partial charge in [-0.25, -0.2) is 0 Å². The lowest BCUT2D eigenvalue weighted by Crippen LogP contribution is -2.26. The number of ether oxygens (including phenoxy) is 1. The Balaban J connectivity index is 1.90. The van der Waals surface area contributed by atoms with Gasteiger partial charge in [-0.2, -0.15) is 0 Å². The first-order valence-corrected chi connectivity index (χ1v) is 9.22. The number of rotatable bonds is 7. The van der Waals surface area contributed by atoms with Crippen LogP contribution in [0.3, 0.4) is 0 Å². The molecule has 22 heavy (non-hydrogen) atoms. The summed E-state index contributed by atoms with van der Waals surface area (Å²) in [6.45, 7) is 0. The van der Waals surface area contributed by atoms with Gasteiger partial charge in [0.2, 0.25) is 0 Å². The number of benzene rings is 1. The molecule has 1 aromatic rings. The highest BCUT2D eigenvalue weighted by molar-refractivity contribution is 7.54. The van der Waals surface area contributed by atoms with Crippen molar-refractivity contribution in [1.82, 2.24) is 0 Å². The number of ketones is 1. The van der Waals surface area contributed by atoms with E-state index in [9.17, 15) is 9.36 Å². The maximum Gasteiger partial charge on any atom is 0.337 e. The lowest BCUT2D eigenvalue weighted by atomic mass is 9.96. The van der Waals surface area contributed by atoms with Crippen LogP contribution in [0.2, 0.25) is 0 Å². The molecule has 0 radical (unpaired) electrons. The predicted molar refractivity (Wildman–Crippen MR) is 84.0 cm³/mol. The van der Waals surface area contributed by atoms with Crippen molar-refractivity contribution in [3.63, 3.8) is 0 Å². The minimum absolute atomic E-state index is 0.0319. The lowest BCUT2D eigenvalue weighted by Gasteiger charge is -2.30. The topological polar surface area (TPSA) is 61.8 Å². The van der Waals surface area contributed by atoms with Crippen LogP contribution in [0.5, 0.6) is 0 Å². The van der Waals surface area contributed by atoms with E-state index in [1.54, 1.807) is 0 Å². The van der Waals surface area contributed by atoms with Gasteiger partial charge >= 0.3 is 7.60 Å². The number of carbonyl (C=O) groups is 1. The Kier molecular flexibility index (Phi) is 6.33. The summed E-state index contributed by atoms with van der Waals surface area (Å²) in [6.07, 6.45) is 2.78. The zero-order valence-corrected chi connectivity index (χ0v) is 14.0. The van der Waals surface area contributed by atoms with Crippen molar-refractivity contribution in [2.24, 2.45) is 0 Å². The summed E-state index contributed by atoms with van der Waals surface area (Å²) in [4.78, 5) is 12.1. The molecular weight excluding hydrogens is 303 g/mol. The normalized spacial score (nSPS) is 22.5. The van der Waals surface area contributed by atoms with E-state index in [1.807, 2.05) is 30.3 Å². The van der Waals surface area contributed by atoms with Crippen LogP contribution in [-0.2, 0) is 23.1 Å². The van der Waals surface area contributed by atoms with E-state index < -0.39 is 7.60 Å². The summed E-state index contributed by atoms with van der Waals surface area (Å²) in [6, 6.07) is 10.0. The van der Waals surface area contributed by atoms with Crippen LogP contribution in [0, 0.1) is 0 Å². The molecule has 0 saturated carbocycles. The number of carbonyl (C=O) groups excluding carboxylic acids is 1. The van der Waals surface area contributed by atoms with Crippen LogP contribution in [0.15, 0.2) is 30.3 Å². The summed E-state index contributed by atoms with van der Waals surface area (Å²) in [5, 5.41) is 0. The predicted octanol–water partition coefficient (Wildman–Crippen LogP) is 3.74. The zero-order chi connectivity index (χ0) is 16.0. The average molecular weight is 326 g/mol. The van der Waals surface area contributed by atoms with E-state index >= 15 is 0 Å². The van der Waals surface area contributed by atoms with Crippen LogP contribution in [0.1, 0.15) is 37.4 Å². The second-order valence-corrected chi connectivity index (χ2v) is 7.73. The van der Waals surface area contributed by atoms with E-state index in [-0.39, 0.29) is 30.6 Å². The number of hydrogen-bond donors (Lipinski definition) is 0. The van der Waals surface area contributed by atoms with Gasteiger partial charge in [0.05, 0.1) is 12.2 Å². The van der Waals surface area contributed by atoms with E-state index in [0.717, 1.165) is 24.8 Å². The molecule has 2 rings (SSSR count). The Morgan fingerprint density at radius 3 is 2.55 bits per heavy atom. The van der Waals surface area contributed by atoms with Crippen molar-refractivity contribution >= 4 is 13.4 Å². The second-order valence-electron chi connectivity index (χ2n) is 5.47. The van der Waals surface area contributed by atoms with Gasteiger partial charge < -0.3 is 13.8 Å². The molecular formula is C16H23O5P. The van der Waals surface area contributed by atoms with Crippen LogP contribution in [0.25, 0.3) is 0 Å². The number of Topliss-reactive ketones (excluding diaryl/α,β-unsaturated/α-hetero) is 1. The molecule has 0 aromatic heterocycles. The van der Waals surface area contributed by atoms with Crippen molar-refractivity contribution < 1.29 is 23.1 Å². The summed E-state index contributed by atoms with van der Waals surface area (Å²) >= 11 is 0. The molecule has 0 spiro atoms. The molecule has 2 atom stereocenters. The average Bonchev–Trinajstić information content (AvgIpc) is 2.55. The fourth-order valence-corrected chi connectivity index (χ4v) is 3.67. The van der Waals surface area contributed by atoms with Crippen molar-refractivity contribution in [2.45, 2.75) is 37.9 Å². The van der Waals surface area contributed by atoms with Crippen LogP contribution < -0.4 is 0 Å². The lowest BCUT2D eigenvalue weighted by molar-refractivity contribution is -0.123. The largest absolute Gasteiger partial charge is 0.370 e. The van der Waals surface area contributed by atoms with E-state index in [4.69, 9.17) is 13.8 Å². The molecule has 0 bridgehead atoms. The third-order valence-corrected chi connectivity index (χ3v) is 5.75. The summed E-state index contributed by atoms with van der Waals surface area (Å²) < 4.78 is 27.6. The molecule has 0 amide bonds. The van der Waals surface area contributed by atoms with Gasteiger partial charge in [-0.1, -0.05) is 30.3 Å². The monoisotopic (exact) mass is 326 g/mol. The van der Waals surface area contributed by atoms with E-state index in [1.165, 1.54) is 14.2 Å². The second kappa shape index (κ2) is 8.02. The Hall–Kier alpha value is -1.00. The summed E-state index contributed by atoms with van der Waals surface area (Å²) in [5.74, 6) is -0.147. The Bertz CT molecular complexity index is 523. The molecule has 1 saturated heterocycles. The molecule has 1 aliphatic heterocycles. The highest BCUT2D eigenvalue weighted by Crippen LogP contribution is 2.46. The Labute approximate surface area is 131 Å². The van der Waals surface area contributed by atoms with Crippen molar-refractivity contribution in [2.75, 3.05) is 20.4 Å². The molecule has 1 aromatic carbocycles. The molecule has 0 unspecified atom stereocenters. The van der Waals surface area contributed by atoms with Gasteiger partial charge in [-0.15, -0.1) is 0 Å². The number of hydrogen-bond acceptors (Lipinski definition) is 5. The molecule has 6 heteroatoms. The van der Waals surface area contributed by atoms with Crippen LogP contribution >= 0.6 is 7.60 Å². The molecule has 1 aliphatic rings. The SMILES string of the molecule is COP(=O)(CC(=O)C[C@@H]1CCC[C@H](c2ccccc2)O1)OC. The van der Waals surface area contributed by atoms with Gasteiger partial charge in [0.15, 0.2) is 0 Å². The van der Waals surface area contributed by atoms with Gasteiger partial charge in [0, 0.05) is 20.6 Å². The third-order valence-electron chi connectivity index (χ3n) is 3.90. The Morgan fingerprint density at radius 2 is 1.91 bits per heavy atom. The standard InChI is InChI=1S/C16H23O5P/c1-19-22(18,20-2)12-14(17)11-15-9-6-10-16(21-15)13-7-4-3-5-8-13/h3-5,7-8,15-16H,6,9-12H2,1-2H3/t15-,16+/m0/s1. The molecule has 5 nitrogen and oxygen atoms in total. The first-order valence-electron chi connectivity index (χ1n) is 7.49. The molecule has 0 N–H and O–H groups in total.